The summed E-state index contributed by atoms with van der Waals surface area (Å²) in [5.41, 5.74) is 14.2. The first-order valence-corrected chi connectivity index (χ1v) is 16.2. The lowest BCUT2D eigenvalue weighted by molar-refractivity contribution is -0.254. The minimum Gasteiger partial charge on any atom is -0.508 e. The molecule has 0 atom stereocenters. The summed E-state index contributed by atoms with van der Waals surface area (Å²) in [5, 5.41) is 72.5. The lowest BCUT2D eigenvalue weighted by Gasteiger charge is -2.14. The first kappa shape index (κ1) is 37.3. The number of hydrogen-bond acceptors (Lipinski definition) is 18. The van der Waals surface area contributed by atoms with E-state index in [1.807, 2.05) is 0 Å². The van der Waals surface area contributed by atoms with E-state index in [4.69, 9.17) is 22.0 Å². The van der Waals surface area contributed by atoms with E-state index in [-0.39, 0.29) is 75.1 Å². The molecule has 0 fully saturated rings. The highest BCUT2D eigenvalue weighted by Gasteiger charge is 2.25. The van der Waals surface area contributed by atoms with Crippen LogP contribution in [0.2, 0.25) is 0 Å². The number of phenols is 2. The summed E-state index contributed by atoms with van der Waals surface area (Å²) in [7, 11) is -4.99. The molecule has 0 spiro atoms. The quantitative estimate of drug-likeness (QED) is 0.0186. The lowest BCUT2D eigenvalue weighted by atomic mass is 10.0. The summed E-state index contributed by atoms with van der Waals surface area (Å²) in [6.45, 7) is 0.802. The van der Waals surface area contributed by atoms with Crippen molar-refractivity contribution in [3.8, 4) is 11.5 Å². The number of nitrogen functional groups attached to an aromatic ring is 2. The van der Waals surface area contributed by atoms with Crippen LogP contribution in [0.3, 0.4) is 0 Å². The highest BCUT2D eigenvalue weighted by molar-refractivity contribution is 7.86. The Kier molecular flexibility index (Phi) is 11.4. The summed E-state index contributed by atoms with van der Waals surface area (Å²) >= 11 is 0. The number of benzene rings is 5. The fraction of sp³-hybridized carbons (Fsp3) is 0.125. The molecule has 0 radical (unpaired) electrons. The Morgan fingerprint density at radius 3 is 1.92 bits per heavy atom. The minimum absolute atomic E-state index is 0.0455. The molecule has 0 saturated carbocycles. The maximum atomic E-state index is 12.5. The van der Waals surface area contributed by atoms with E-state index in [2.05, 4.69) is 45.3 Å². The molecule has 0 aliphatic heterocycles. The molecule has 52 heavy (non-hydrogen) atoms. The van der Waals surface area contributed by atoms with Gasteiger partial charge in [0, 0.05) is 11.6 Å². The van der Waals surface area contributed by atoms with Gasteiger partial charge in [-0.2, -0.15) is 23.8 Å². The van der Waals surface area contributed by atoms with Crippen molar-refractivity contribution in [1.29, 1.82) is 0 Å². The van der Waals surface area contributed by atoms with Crippen molar-refractivity contribution in [1.82, 2.24) is 0 Å². The summed E-state index contributed by atoms with van der Waals surface area (Å²) < 4.78 is 35.0. The van der Waals surface area contributed by atoms with Gasteiger partial charge in [0.05, 0.1) is 33.8 Å². The SMILES string of the molecule is Cc1cc2cc(S(=O)(=O)O)c(N=Nc3ccc(N=Nc4ccc(O)cc4N)cc3COO)c(O)c2c(N)c1N=Nc1cc(COO)cc(COO)c1. The summed E-state index contributed by atoms with van der Waals surface area (Å²) in [4.78, 5) is 11.9. The van der Waals surface area contributed by atoms with Gasteiger partial charge in [0.1, 0.15) is 47.5 Å². The zero-order valence-corrected chi connectivity index (χ0v) is 27.8. The molecule has 0 aliphatic rings. The van der Waals surface area contributed by atoms with Gasteiger partial charge in [-0.15, -0.1) is 15.3 Å². The predicted molar refractivity (Wildman–Crippen MR) is 185 cm³/mol. The van der Waals surface area contributed by atoms with Crippen LogP contribution in [0, 0.1) is 6.92 Å². The Labute approximate surface area is 293 Å². The third-order valence-corrected chi connectivity index (χ3v) is 8.28. The topological polar surface area (TPSA) is 309 Å². The van der Waals surface area contributed by atoms with E-state index < -0.39 is 33.1 Å². The van der Waals surface area contributed by atoms with Gasteiger partial charge in [-0.05, 0) is 83.6 Å². The molecule has 5 aromatic carbocycles. The molecule has 0 aliphatic carbocycles. The zero-order valence-electron chi connectivity index (χ0n) is 26.9. The maximum Gasteiger partial charge on any atom is 0.296 e. The van der Waals surface area contributed by atoms with Crippen molar-refractivity contribution in [3.63, 3.8) is 0 Å². The van der Waals surface area contributed by atoms with Crippen molar-refractivity contribution in [3.05, 3.63) is 89.0 Å². The maximum absolute atomic E-state index is 12.5. The third-order valence-electron chi connectivity index (χ3n) is 7.41. The van der Waals surface area contributed by atoms with Crippen molar-refractivity contribution in [2.24, 2.45) is 30.7 Å². The van der Waals surface area contributed by atoms with Gasteiger partial charge in [-0.1, -0.05) is 6.07 Å². The van der Waals surface area contributed by atoms with Crippen molar-refractivity contribution >= 4 is 66.4 Å². The van der Waals surface area contributed by atoms with Gasteiger partial charge in [-0.3, -0.25) is 20.3 Å². The number of azo groups is 3. The number of nitrogens with zero attached hydrogens (tertiary/aromatic N) is 6. The van der Waals surface area contributed by atoms with Crippen LogP contribution in [0.5, 0.6) is 11.5 Å². The Bertz CT molecular complexity index is 2330. The normalized spacial score (nSPS) is 12.2. The van der Waals surface area contributed by atoms with Crippen LogP contribution in [0.1, 0.15) is 22.3 Å². The molecule has 20 heteroatoms. The van der Waals surface area contributed by atoms with Crippen molar-refractivity contribution in [2.45, 2.75) is 31.6 Å². The molecule has 0 amide bonds. The Balaban J connectivity index is 1.57. The molecule has 270 valence electrons. The monoisotopic (exact) mass is 734 g/mol. The number of aromatic hydroxyl groups is 2. The van der Waals surface area contributed by atoms with Gasteiger partial charge in [-0.25, -0.2) is 14.7 Å². The molecule has 19 nitrogen and oxygen atoms in total. The van der Waals surface area contributed by atoms with Gasteiger partial charge in [0.25, 0.3) is 10.1 Å². The second kappa shape index (κ2) is 15.9. The van der Waals surface area contributed by atoms with Crippen LogP contribution in [0.15, 0.2) is 102 Å². The van der Waals surface area contributed by atoms with E-state index in [1.165, 1.54) is 42.5 Å². The number of hydrogen-bond donors (Lipinski definition) is 8. The highest BCUT2D eigenvalue weighted by atomic mass is 32.2. The van der Waals surface area contributed by atoms with E-state index in [0.29, 0.717) is 16.7 Å². The fourth-order valence-corrected chi connectivity index (χ4v) is 5.76. The largest absolute Gasteiger partial charge is 0.508 e. The fourth-order valence-electron chi connectivity index (χ4n) is 5.10. The molecule has 5 rings (SSSR count). The van der Waals surface area contributed by atoms with Crippen LogP contribution in [-0.2, 0) is 44.6 Å². The minimum atomic E-state index is -4.99. The second-order valence-electron chi connectivity index (χ2n) is 11.1. The van der Waals surface area contributed by atoms with Crippen LogP contribution < -0.4 is 11.5 Å². The zero-order chi connectivity index (χ0) is 37.6. The van der Waals surface area contributed by atoms with Crippen molar-refractivity contribution in [2.75, 3.05) is 11.5 Å². The number of nitrogens with two attached hydrogens (primary N) is 2. The Morgan fingerprint density at radius 2 is 1.29 bits per heavy atom. The summed E-state index contributed by atoms with van der Waals surface area (Å²) in [6, 6.07) is 15.6. The Morgan fingerprint density at radius 1 is 0.673 bits per heavy atom. The van der Waals surface area contributed by atoms with E-state index in [0.717, 1.165) is 6.07 Å². The number of phenolic OH excluding ortho intramolecular Hbond substituents is 2. The molecule has 5 aromatic rings. The molecule has 0 saturated heterocycles. The van der Waals surface area contributed by atoms with E-state index >= 15 is 0 Å². The summed E-state index contributed by atoms with van der Waals surface area (Å²) in [6.07, 6.45) is 0. The van der Waals surface area contributed by atoms with Crippen molar-refractivity contribution < 1.29 is 53.6 Å². The first-order valence-electron chi connectivity index (χ1n) is 14.8. The second-order valence-corrected chi connectivity index (χ2v) is 12.5. The molecule has 0 heterocycles. The molecular weight excluding hydrogens is 704 g/mol. The van der Waals surface area contributed by atoms with Gasteiger partial charge in [0.2, 0.25) is 0 Å². The highest BCUT2D eigenvalue weighted by Crippen LogP contribution is 2.47. The van der Waals surface area contributed by atoms with Gasteiger partial charge < -0.3 is 21.7 Å². The van der Waals surface area contributed by atoms with Crippen LogP contribution in [-0.4, -0.2) is 39.0 Å². The first-order chi connectivity index (χ1) is 24.8. The van der Waals surface area contributed by atoms with Crippen LogP contribution >= 0.6 is 0 Å². The average Bonchev–Trinajstić information content (AvgIpc) is 3.07. The number of anilines is 2. The smallest absolute Gasteiger partial charge is 0.296 e. The Hall–Kier alpha value is -5.97. The van der Waals surface area contributed by atoms with E-state index in [9.17, 15) is 28.4 Å². The predicted octanol–water partition coefficient (Wildman–Crippen LogP) is 8.19. The average molecular weight is 735 g/mol. The molecule has 0 aromatic heterocycles. The summed E-state index contributed by atoms with van der Waals surface area (Å²) in [5.74, 6) is -0.811. The molecule has 0 bridgehead atoms. The number of fused-ring (bicyclic) bond motifs is 1. The van der Waals surface area contributed by atoms with Gasteiger partial charge in [0.15, 0.2) is 5.75 Å². The number of aryl methyl sites for hydroxylation is 1. The molecule has 0 unspecified atom stereocenters. The van der Waals surface area contributed by atoms with Crippen LogP contribution in [0.25, 0.3) is 10.8 Å². The lowest BCUT2D eigenvalue weighted by Crippen LogP contribution is -2.00. The van der Waals surface area contributed by atoms with E-state index in [1.54, 1.807) is 25.1 Å². The number of rotatable bonds is 13. The van der Waals surface area contributed by atoms with Crippen LogP contribution in [0.4, 0.5) is 45.5 Å². The molecule has 10 N–H and O–H groups in total. The third kappa shape index (κ3) is 8.48. The standard InChI is InChI=1S/C32H30N8O11S/c1-16-6-19-11-27(52(46,47)48)31(32(42)28(19)29(34)30(16)39-36-22-8-17(13-49-43)7-18(9-22)14-50-44)40-37-25-4-2-21(10-20(25)15-51-45)35-38-26-5-3-23(41)12-24(26)33/h2-12,41-45H,13-15,33-34H2,1H3,(H,46,47,48). The molecular formula is C32H30N8O11S. The van der Waals surface area contributed by atoms with Gasteiger partial charge >= 0.3 is 0 Å².